The highest BCUT2D eigenvalue weighted by molar-refractivity contribution is 6.42. The van der Waals surface area contributed by atoms with Crippen molar-refractivity contribution in [2.75, 3.05) is 11.9 Å². The number of nitrogens with two attached hydrogens (primary N) is 1. The lowest BCUT2D eigenvalue weighted by atomic mass is 9.98. The van der Waals surface area contributed by atoms with Gasteiger partial charge in [0.05, 0.1) is 15.0 Å². The predicted octanol–water partition coefficient (Wildman–Crippen LogP) is 3.83. The van der Waals surface area contributed by atoms with Gasteiger partial charge in [0.25, 0.3) is 5.69 Å². The molecule has 0 aromatic heterocycles. The molecule has 1 aliphatic carbocycles. The number of hydrogen-bond acceptors (Lipinski definition) is 4. The Hall–Kier alpha value is -1.04. The molecule has 1 aromatic rings. The van der Waals surface area contributed by atoms with Gasteiger partial charge in [0.1, 0.15) is 5.69 Å². The number of nitrogens with zero attached hydrogens (tertiary/aromatic N) is 1. The molecule has 0 radical (unpaired) electrons. The summed E-state index contributed by atoms with van der Waals surface area (Å²) < 4.78 is 0. The van der Waals surface area contributed by atoms with Crippen LogP contribution in [0.4, 0.5) is 11.4 Å². The number of halogens is 2. The Morgan fingerprint density at radius 1 is 1.35 bits per heavy atom. The smallest absolute Gasteiger partial charge is 0.293 e. The van der Waals surface area contributed by atoms with Crippen molar-refractivity contribution in [2.45, 2.75) is 31.7 Å². The molecular weight excluding hydrogens is 301 g/mol. The van der Waals surface area contributed by atoms with Crippen molar-refractivity contribution >= 4 is 34.6 Å². The minimum Gasteiger partial charge on any atom is -0.375 e. The van der Waals surface area contributed by atoms with Crippen molar-refractivity contribution < 1.29 is 4.92 Å². The van der Waals surface area contributed by atoms with Gasteiger partial charge in [0.2, 0.25) is 0 Å². The van der Waals surface area contributed by atoms with Crippen LogP contribution < -0.4 is 11.1 Å². The van der Waals surface area contributed by atoms with Crippen LogP contribution in [0, 0.1) is 16.0 Å². The maximum Gasteiger partial charge on any atom is 0.293 e. The summed E-state index contributed by atoms with van der Waals surface area (Å²) in [6.07, 6.45) is 4.58. The first-order chi connectivity index (χ1) is 9.52. The molecule has 110 valence electrons. The van der Waals surface area contributed by atoms with Gasteiger partial charge in [-0.15, -0.1) is 0 Å². The van der Waals surface area contributed by atoms with Gasteiger partial charge in [-0.05, 0) is 24.8 Å². The minimum atomic E-state index is -0.466. The van der Waals surface area contributed by atoms with Crippen LogP contribution in [0.25, 0.3) is 0 Å². The first-order valence-electron chi connectivity index (χ1n) is 6.63. The maximum absolute atomic E-state index is 11.1. The van der Waals surface area contributed by atoms with E-state index in [0.717, 1.165) is 12.8 Å². The fourth-order valence-electron chi connectivity index (χ4n) is 2.73. The van der Waals surface area contributed by atoms with Crippen molar-refractivity contribution in [1.29, 1.82) is 0 Å². The lowest BCUT2D eigenvalue weighted by Crippen LogP contribution is -2.35. The molecule has 0 amide bonds. The molecule has 1 aliphatic rings. The fraction of sp³-hybridized carbons (Fsp3) is 0.538. The van der Waals surface area contributed by atoms with Crippen LogP contribution in [0.2, 0.25) is 10.0 Å². The summed E-state index contributed by atoms with van der Waals surface area (Å²) in [7, 11) is 0. The lowest BCUT2D eigenvalue weighted by molar-refractivity contribution is -0.384. The van der Waals surface area contributed by atoms with Crippen LogP contribution >= 0.6 is 23.2 Å². The number of anilines is 1. The van der Waals surface area contributed by atoms with E-state index in [1.54, 1.807) is 0 Å². The van der Waals surface area contributed by atoms with Gasteiger partial charge in [-0.2, -0.15) is 0 Å². The molecule has 0 spiro atoms. The molecule has 0 heterocycles. The molecule has 1 saturated carbocycles. The quantitative estimate of drug-likeness (QED) is 0.638. The molecular formula is C13H17Cl2N3O2. The second kappa shape index (κ2) is 6.61. The van der Waals surface area contributed by atoms with Gasteiger partial charge in [-0.1, -0.05) is 36.0 Å². The zero-order chi connectivity index (χ0) is 14.7. The topological polar surface area (TPSA) is 81.2 Å². The summed E-state index contributed by atoms with van der Waals surface area (Å²) in [5, 5.41) is 14.8. The van der Waals surface area contributed by atoms with Gasteiger partial charge in [-0.3, -0.25) is 10.1 Å². The average molecular weight is 318 g/mol. The van der Waals surface area contributed by atoms with Crippen LogP contribution in [0.5, 0.6) is 0 Å². The first kappa shape index (κ1) is 15.4. The molecule has 3 N–H and O–H groups in total. The van der Waals surface area contributed by atoms with Crippen molar-refractivity contribution in [1.82, 2.24) is 0 Å². The van der Waals surface area contributed by atoms with Gasteiger partial charge < -0.3 is 11.1 Å². The lowest BCUT2D eigenvalue weighted by Gasteiger charge is -2.24. The highest BCUT2D eigenvalue weighted by atomic mass is 35.5. The molecule has 0 aliphatic heterocycles. The molecule has 0 bridgehead atoms. The Morgan fingerprint density at radius 2 is 1.95 bits per heavy atom. The van der Waals surface area contributed by atoms with Crippen molar-refractivity contribution in [2.24, 2.45) is 11.7 Å². The zero-order valence-corrected chi connectivity index (χ0v) is 12.5. The van der Waals surface area contributed by atoms with Gasteiger partial charge in [-0.25, -0.2) is 0 Å². The molecule has 1 aromatic carbocycles. The number of nitro groups is 1. The van der Waals surface area contributed by atoms with Crippen LogP contribution in [-0.2, 0) is 0 Å². The highest BCUT2D eigenvalue weighted by Crippen LogP contribution is 2.36. The van der Waals surface area contributed by atoms with E-state index >= 15 is 0 Å². The summed E-state index contributed by atoms with van der Waals surface area (Å²) in [5.74, 6) is 0.453. The minimum absolute atomic E-state index is 0.0217. The second-order valence-electron chi connectivity index (χ2n) is 5.07. The van der Waals surface area contributed by atoms with E-state index in [2.05, 4.69) is 5.32 Å². The van der Waals surface area contributed by atoms with E-state index in [4.69, 9.17) is 28.9 Å². The van der Waals surface area contributed by atoms with E-state index in [1.807, 2.05) is 0 Å². The van der Waals surface area contributed by atoms with Crippen molar-refractivity contribution in [3.63, 3.8) is 0 Å². The Bertz CT molecular complexity index is 505. The third kappa shape index (κ3) is 3.34. The third-order valence-corrected chi connectivity index (χ3v) is 4.52. The maximum atomic E-state index is 11.1. The van der Waals surface area contributed by atoms with Gasteiger partial charge in [0, 0.05) is 18.7 Å². The third-order valence-electron chi connectivity index (χ3n) is 3.80. The Balaban J connectivity index is 2.26. The van der Waals surface area contributed by atoms with E-state index in [0.29, 0.717) is 23.2 Å². The predicted molar refractivity (Wildman–Crippen MR) is 81.5 cm³/mol. The number of nitro benzene ring substituents is 1. The summed E-state index contributed by atoms with van der Waals surface area (Å²) in [4.78, 5) is 10.6. The number of rotatable bonds is 5. The summed E-state index contributed by atoms with van der Waals surface area (Å²) in [6.45, 7) is 0.433. The standard InChI is InChI=1S/C13H17Cl2N3O2/c14-9-5-11(13(18(19)20)6-10(9)15)17-12(7-16)8-3-1-2-4-8/h5-6,8,12,17H,1-4,7,16H2. The van der Waals surface area contributed by atoms with Gasteiger partial charge >= 0.3 is 0 Å². The van der Waals surface area contributed by atoms with Crippen molar-refractivity contribution in [3.8, 4) is 0 Å². The molecule has 1 fully saturated rings. The highest BCUT2D eigenvalue weighted by Gasteiger charge is 2.26. The Kier molecular flexibility index (Phi) is 5.07. The van der Waals surface area contributed by atoms with E-state index in [1.165, 1.54) is 25.0 Å². The van der Waals surface area contributed by atoms with Crippen LogP contribution in [0.1, 0.15) is 25.7 Å². The number of nitrogens with one attached hydrogen (secondary N) is 1. The summed E-state index contributed by atoms with van der Waals surface area (Å²) in [6, 6.07) is 2.79. The average Bonchev–Trinajstić information content (AvgIpc) is 2.93. The Labute approximate surface area is 127 Å². The molecule has 20 heavy (non-hydrogen) atoms. The Morgan fingerprint density at radius 3 is 2.50 bits per heavy atom. The zero-order valence-electron chi connectivity index (χ0n) is 10.9. The first-order valence-corrected chi connectivity index (χ1v) is 7.38. The number of hydrogen-bond donors (Lipinski definition) is 2. The molecule has 5 nitrogen and oxygen atoms in total. The number of benzene rings is 1. The normalized spacial score (nSPS) is 17.1. The molecule has 0 saturated heterocycles. The van der Waals surface area contributed by atoms with Gasteiger partial charge in [0.15, 0.2) is 0 Å². The van der Waals surface area contributed by atoms with Crippen LogP contribution in [-0.4, -0.2) is 17.5 Å². The molecule has 7 heteroatoms. The van der Waals surface area contributed by atoms with Crippen LogP contribution in [0.15, 0.2) is 12.1 Å². The van der Waals surface area contributed by atoms with Crippen LogP contribution in [0.3, 0.4) is 0 Å². The van der Waals surface area contributed by atoms with Crippen molar-refractivity contribution in [3.05, 3.63) is 32.3 Å². The van der Waals surface area contributed by atoms with E-state index < -0.39 is 4.92 Å². The van der Waals surface area contributed by atoms with E-state index in [-0.39, 0.29) is 16.8 Å². The second-order valence-corrected chi connectivity index (χ2v) is 5.89. The van der Waals surface area contributed by atoms with E-state index in [9.17, 15) is 10.1 Å². The molecule has 1 atom stereocenters. The summed E-state index contributed by atoms with van der Waals surface area (Å²) in [5.41, 5.74) is 6.11. The SMILES string of the molecule is NCC(Nc1cc(Cl)c(Cl)cc1[N+](=O)[O-])C1CCCC1. The monoisotopic (exact) mass is 317 g/mol. The molecule has 1 unspecified atom stereocenters. The summed E-state index contributed by atoms with van der Waals surface area (Å²) >= 11 is 11.8. The molecule has 2 rings (SSSR count). The largest absolute Gasteiger partial charge is 0.375 e. The fourth-order valence-corrected chi connectivity index (χ4v) is 3.05.